The lowest BCUT2D eigenvalue weighted by Gasteiger charge is -2.19. The van der Waals surface area contributed by atoms with Crippen LogP contribution < -0.4 is 10.1 Å². The molecule has 0 fully saturated rings. The second-order valence-corrected chi connectivity index (χ2v) is 6.26. The summed E-state index contributed by atoms with van der Waals surface area (Å²) in [5.41, 5.74) is 1.03. The normalized spacial score (nSPS) is 12.4. The molecular formula is C15H17BrFNOS. The van der Waals surface area contributed by atoms with Crippen molar-refractivity contribution in [1.29, 1.82) is 0 Å². The number of benzene rings is 1. The van der Waals surface area contributed by atoms with E-state index >= 15 is 0 Å². The molecule has 0 spiro atoms. The SMILES string of the molecule is CCNC(Cc1sccc1Br)c1ccc(F)c(OC)c1. The van der Waals surface area contributed by atoms with Gasteiger partial charge in [0.1, 0.15) is 0 Å². The van der Waals surface area contributed by atoms with E-state index in [-0.39, 0.29) is 17.6 Å². The van der Waals surface area contributed by atoms with Crippen LogP contribution in [0, 0.1) is 5.82 Å². The van der Waals surface area contributed by atoms with Gasteiger partial charge in [-0.25, -0.2) is 4.39 Å². The highest BCUT2D eigenvalue weighted by atomic mass is 79.9. The molecule has 0 aliphatic carbocycles. The Balaban J connectivity index is 2.26. The van der Waals surface area contributed by atoms with Crippen molar-refractivity contribution in [1.82, 2.24) is 5.32 Å². The largest absolute Gasteiger partial charge is 0.494 e. The topological polar surface area (TPSA) is 21.3 Å². The van der Waals surface area contributed by atoms with E-state index in [0.717, 1.165) is 23.0 Å². The third-order valence-electron chi connectivity index (χ3n) is 3.11. The quantitative estimate of drug-likeness (QED) is 0.818. The molecule has 0 saturated heterocycles. The molecule has 1 atom stereocenters. The monoisotopic (exact) mass is 357 g/mol. The Morgan fingerprint density at radius 2 is 2.20 bits per heavy atom. The van der Waals surface area contributed by atoms with Gasteiger partial charge in [-0.3, -0.25) is 0 Å². The summed E-state index contributed by atoms with van der Waals surface area (Å²) in [5, 5.41) is 5.51. The zero-order chi connectivity index (χ0) is 14.5. The summed E-state index contributed by atoms with van der Waals surface area (Å²) in [6, 6.07) is 7.23. The van der Waals surface area contributed by atoms with Gasteiger partial charge >= 0.3 is 0 Å². The van der Waals surface area contributed by atoms with Gasteiger partial charge in [-0.05, 0) is 51.6 Å². The first-order chi connectivity index (χ1) is 9.65. The number of hydrogen-bond donors (Lipinski definition) is 1. The van der Waals surface area contributed by atoms with Gasteiger partial charge in [0, 0.05) is 21.8 Å². The minimum absolute atomic E-state index is 0.143. The molecule has 0 aliphatic heterocycles. The average Bonchev–Trinajstić information content (AvgIpc) is 2.84. The van der Waals surface area contributed by atoms with Crippen LogP contribution in [0.2, 0.25) is 0 Å². The van der Waals surface area contributed by atoms with Gasteiger partial charge < -0.3 is 10.1 Å². The summed E-state index contributed by atoms with van der Waals surface area (Å²) >= 11 is 5.28. The van der Waals surface area contributed by atoms with Crippen LogP contribution in [0.3, 0.4) is 0 Å². The van der Waals surface area contributed by atoms with Gasteiger partial charge in [0.15, 0.2) is 11.6 Å². The Hall–Kier alpha value is -0.910. The molecule has 0 amide bonds. The molecule has 0 bridgehead atoms. The summed E-state index contributed by atoms with van der Waals surface area (Å²) in [6.45, 7) is 2.92. The minimum Gasteiger partial charge on any atom is -0.494 e. The van der Waals surface area contributed by atoms with Gasteiger partial charge in [-0.1, -0.05) is 13.0 Å². The van der Waals surface area contributed by atoms with Crippen LogP contribution in [0.25, 0.3) is 0 Å². The number of hydrogen-bond acceptors (Lipinski definition) is 3. The number of ether oxygens (including phenoxy) is 1. The van der Waals surface area contributed by atoms with Crippen LogP contribution in [0.1, 0.15) is 23.4 Å². The number of methoxy groups -OCH3 is 1. The number of nitrogens with one attached hydrogen (secondary N) is 1. The molecular weight excluding hydrogens is 341 g/mol. The molecule has 2 rings (SSSR count). The maximum Gasteiger partial charge on any atom is 0.165 e. The summed E-state index contributed by atoms with van der Waals surface area (Å²) in [6.07, 6.45) is 0.862. The van der Waals surface area contributed by atoms with Crippen LogP contribution in [-0.4, -0.2) is 13.7 Å². The maximum atomic E-state index is 13.5. The van der Waals surface area contributed by atoms with Crippen molar-refractivity contribution in [2.45, 2.75) is 19.4 Å². The molecule has 2 aromatic rings. The van der Waals surface area contributed by atoms with E-state index < -0.39 is 0 Å². The smallest absolute Gasteiger partial charge is 0.165 e. The van der Waals surface area contributed by atoms with Crippen LogP contribution in [0.15, 0.2) is 34.1 Å². The third-order valence-corrected chi connectivity index (χ3v) is 5.06. The predicted octanol–water partition coefficient (Wildman–Crippen LogP) is 4.55. The van der Waals surface area contributed by atoms with Crippen molar-refractivity contribution in [3.8, 4) is 5.75 Å². The van der Waals surface area contributed by atoms with Crippen molar-refractivity contribution in [2.75, 3.05) is 13.7 Å². The molecule has 0 aliphatic rings. The van der Waals surface area contributed by atoms with Gasteiger partial charge in [-0.2, -0.15) is 0 Å². The molecule has 2 nitrogen and oxygen atoms in total. The fourth-order valence-corrected chi connectivity index (χ4v) is 3.66. The highest BCUT2D eigenvalue weighted by molar-refractivity contribution is 9.10. The first kappa shape index (κ1) is 15.5. The standard InChI is InChI=1S/C15H17BrFNOS/c1-3-18-13(9-15-11(16)6-7-20-15)10-4-5-12(17)14(8-10)19-2/h4-8,13,18H,3,9H2,1-2H3. The summed E-state index contributed by atoms with van der Waals surface area (Å²) in [5.74, 6) is -0.0422. The first-order valence-corrected chi connectivity index (χ1v) is 8.11. The lowest BCUT2D eigenvalue weighted by molar-refractivity contribution is 0.384. The van der Waals surface area contributed by atoms with E-state index in [9.17, 15) is 4.39 Å². The summed E-state index contributed by atoms with van der Waals surface area (Å²) < 4.78 is 19.7. The lowest BCUT2D eigenvalue weighted by atomic mass is 10.0. The fourth-order valence-electron chi connectivity index (χ4n) is 2.10. The highest BCUT2D eigenvalue weighted by Gasteiger charge is 2.16. The molecule has 108 valence electrons. The van der Waals surface area contributed by atoms with E-state index in [1.54, 1.807) is 17.4 Å². The van der Waals surface area contributed by atoms with Gasteiger partial charge in [-0.15, -0.1) is 11.3 Å². The highest BCUT2D eigenvalue weighted by Crippen LogP contribution is 2.30. The van der Waals surface area contributed by atoms with E-state index in [1.807, 2.05) is 12.1 Å². The number of halogens is 2. The van der Waals surface area contributed by atoms with Crippen molar-refractivity contribution >= 4 is 27.3 Å². The number of rotatable bonds is 6. The number of thiophene rings is 1. The average molecular weight is 358 g/mol. The molecule has 1 aromatic carbocycles. The Labute approximate surface area is 131 Å². The zero-order valence-electron chi connectivity index (χ0n) is 11.5. The van der Waals surface area contributed by atoms with Crippen molar-refractivity contribution in [3.63, 3.8) is 0 Å². The van der Waals surface area contributed by atoms with Crippen LogP contribution in [0.5, 0.6) is 5.75 Å². The van der Waals surface area contributed by atoms with Gasteiger partial charge in [0.05, 0.1) is 7.11 Å². The zero-order valence-corrected chi connectivity index (χ0v) is 13.9. The van der Waals surface area contributed by atoms with Crippen LogP contribution in [-0.2, 0) is 6.42 Å². The van der Waals surface area contributed by atoms with Crippen molar-refractivity contribution in [3.05, 3.63) is 50.4 Å². The fraction of sp³-hybridized carbons (Fsp3) is 0.333. The second kappa shape index (κ2) is 7.20. The second-order valence-electron chi connectivity index (χ2n) is 4.40. The number of likely N-dealkylation sites (N-methyl/N-ethyl adjacent to an activating group) is 1. The van der Waals surface area contributed by atoms with E-state index in [2.05, 4.69) is 33.6 Å². The predicted molar refractivity (Wildman–Crippen MR) is 85.1 cm³/mol. The molecule has 1 heterocycles. The summed E-state index contributed by atoms with van der Waals surface area (Å²) in [4.78, 5) is 1.28. The molecule has 1 unspecified atom stereocenters. The van der Waals surface area contributed by atoms with Crippen molar-refractivity contribution in [2.24, 2.45) is 0 Å². The minimum atomic E-state index is -0.330. The molecule has 5 heteroatoms. The van der Waals surface area contributed by atoms with Crippen molar-refractivity contribution < 1.29 is 9.13 Å². The van der Waals surface area contributed by atoms with Crippen LogP contribution in [0.4, 0.5) is 4.39 Å². The van der Waals surface area contributed by atoms with Gasteiger partial charge in [0.25, 0.3) is 0 Å². The third kappa shape index (κ3) is 3.59. The molecule has 20 heavy (non-hydrogen) atoms. The lowest BCUT2D eigenvalue weighted by Crippen LogP contribution is -2.22. The molecule has 1 N–H and O–H groups in total. The maximum absolute atomic E-state index is 13.5. The Kier molecular flexibility index (Phi) is 5.57. The van der Waals surface area contributed by atoms with E-state index in [0.29, 0.717) is 0 Å². The Morgan fingerprint density at radius 3 is 2.80 bits per heavy atom. The van der Waals surface area contributed by atoms with E-state index in [4.69, 9.17) is 4.74 Å². The molecule has 1 aromatic heterocycles. The Bertz CT molecular complexity index is 573. The molecule has 0 radical (unpaired) electrons. The molecule has 0 saturated carbocycles. The van der Waals surface area contributed by atoms with Crippen LogP contribution >= 0.6 is 27.3 Å². The first-order valence-electron chi connectivity index (χ1n) is 6.44. The Morgan fingerprint density at radius 1 is 1.40 bits per heavy atom. The summed E-state index contributed by atoms with van der Waals surface area (Å²) in [7, 11) is 1.49. The van der Waals surface area contributed by atoms with E-state index in [1.165, 1.54) is 18.1 Å². The van der Waals surface area contributed by atoms with Gasteiger partial charge in [0.2, 0.25) is 0 Å².